The van der Waals surface area contributed by atoms with Crippen molar-refractivity contribution in [3.63, 3.8) is 0 Å². The second-order valence-corrected chi connectivity index (χ2v) is 8.86. The van der Waals surface area contributed by atoms with Gasteiger partial charge in [-0.1, -0.05) is 29.8 Å². The standard InChI is InChI=1S/C24H22ClN3O5S/c1-15-23(31)27(20-8-3-4-9-21(20)33-15)11-10-22(30)32-13-18-14-34-24(26-18)28(16(2)29)19-7-5-6-17(25)12-19/h3-9,12,14-15H,10-11,13H2,1-2H3. The van der Waals surface area contributed by atoms with Gasteiger partial charge >= 0.3 is 5.97 Å². The van der Waals surface area contributed by atoms with Gasteiger partial charge in [-0.3, -0.25) is 19.3 Å². The van der Waals surface area contributed by atoms with Crippen LogP contribution in [0.15, 0.2) is 53.9 Å². The largest absolute Gasteiger partial charge is 0.479 e. The highest BCUT2D eigenvalue weighted by Crippen LogP contribution is 2.34. The van der Waals surface area contributed by atoms with Crippen LogP contribution in [0.4, 0.5) is 16.5 Å². The minimum absolute atomic E-state index is 0.0197. The highest BCUT2D eigenvalue weighted by atomic mass is 35.5. The van der Waals surface area contributed by atoms with Gasteiger partial charge in [0.25, 0.3) is 5.91 Å². The van der Waals surface area contributed by atoms with E-state index < -0.39 is 12.1 Å². The van der Waals surface area contributed by atoms with E-state index in [2.05, 4.69) is 4.98 Å². The summed E-state index contributed by atoms with van der Waals surface area (Å²) in [4.78, 5) is 44.6. The smallest absolute Gasteiger partial charge is 0.307 e. The van der Waals surface area contributed by atoms with Crippen molar-refractivity contribution in [2.75, 3.05) is 16.3 Å². The fourth-order valence-electron chi connectivity index (χ4n) is 3.53. The van der Waals surface area contributed by atoms with Crippen LogP contribution >= 0.6 is 22.9 Å². The van der Waals surface area contributed by atoms with Gasteiger partial charge < -0.3 is 14.4 Å². The van der Waals surface area contributed by atoms with Gasteiger partial charge in [-0.05, 0) is 37.3 Å². The molecule has 0 spiro atoms. The van der Waals surface area contributed by atoms with Crippen LogP contribution in [-0.2, 0) is 25.7 Å². The minimum atomic E-state index is -0.622. The van der Waals surface area contributed by atoms with Crippen molar-refractivity contribution in [2.24, 2.45) is 0 Å². The molecule has 1 aliphatic rings. The number of halogens is 1. The van der Waals surface area contributed by atoms with Crippen molar-refractivity contribution in [3.05, 3.63) is 64.6 Å². The van der Waals surface area contributed by atoms with E-state index >= 15 is 0 Å². The molecule has 0 saturated heterocycles. The number of hydrogen-bond donors (Lipinski definition) is 0. The molecule has 1 aromatic heterocycles. The van der Waals surface area contributed by atoms with Crippen LogP contribution in [0.25, 0.3) is 0 Å². The van der Waals surface area contributed by atoms with Gasteiger partial charge in [-0.2, -0.15) is 0 Å². The number of hydrogen-bond acceptors (Lipinski definition) is 7. The summed E-state index contributed by atoms with van der Waals surface area (Å²) in [5.41, 5.74) is 1.75. The highest BCUT2D eigenvalue weighted by Gasteiger charge is 2.31. The number of para-hydroxylation sites is 2. The van der Waals surface area contributed by atoms with Crippen molar-refractivity contribution in [3.8, 4) is 5.75 Å². The van der Waals surface area contributed by atoms with Gasteiger partial charge in [0.05, 0.1) is 23.5 Å². The van der Waals surface area contributed by atoms with Gasteiger partial charge in [-0.15, -0.1) is 11.3 Å². The molecule has 2 amide bonds. The number of esters is 1. The molecule has 2 heterocycles. The number of carbonyl (C=O) groups is 3. The molecule has 0 aliphatic carbocycles. The number of thiazole rings is 1. The molecule has 0 bridgehead atoms. The van der Waals surface area contributed by atoms with E-state index in [1.165, 1.54) is 23.2 Å². The van der Waals surface area contributed by atoms with Crippen LogP contribution in [0, 0.1) is 0 Å². The molecular weight excluding hydrogens is 478 g/mol. The average molecular weight is 500 g/mol. The Kier molecular flexibility index (Phi) is 7.14. The zero-order chi connectivity index (χ0) is 24.2. The predicted octanol–water partition coefficient (Wildman–Crippen LogP) is 4.73. The van der Waals surface area contributed by atoms with Crippen molar-refractivity contribution in [1.82, 2.24) is 4.98 Å². The number of ether oxygens (including phenoxy) is 2. The molecule has 0 fully saturated rings. The number of rotatable bonds is 7. The zero-order valence-electron chi connectivity index (χ0n) is 18.6. The molecular formula is C24H22ClN3O5S. The van der Waals surface area contributed by atoms with Crippen molar-refractivity contribution >= 4 is 57.2 Å². The van der Waals surface area contributed by atoms with Crippen LogP contribution in [0.2, 0.25) is 5.02 Å². The second kappa shape index (κ2) is 10.2. The van der Waals surface area contributed by atoms with E-state index in [0.29, 0.717) is 33.0 Å². The number of anilines is 3. The van der Waals surface area contributed by atoms with E-state index in [1.54, 1.807) is 53.6 Å². The maximum Gasteiger partial charge on any atom is 0.307 e. The maximum atomic E-state index is 12.5. The lowest BCUT2D eigenvalue weighted by Crippen LogP contribution is -2.45. The quantitative estimate of drug-likeness (QED) is 0.437. The molecule has 0 saturated carbocycles. The Labute approximate surface area is 205 Å². The molecule has 10 heteroatoms. The van der Waals surface area contributed by atoms with E-state index in [-0.39, 0.29) is 31.4 Å². The van der Waals surface area contributed by atoms with Crippen molar-refractivity contribution in [2.45, 2.75) is 33.0 Å². The molecule has 1 aliphatic heterocycles. The maximum absolute atomic E-state index is 12.5. The first kappa shape index (κ1) is 23.7. The lowest BCUT2D eigenvalue weighted by molar-refractivity contribution is -0.144. The van der Waals surface area contributed by atoms with Crippen LogP contribution in [-0.4, -0.2) is 35.4 Å². The predicted molar refractivity (Wildman–Crippen MR) is 130 cm³/mol. The topological polar surface area (TPSA) is 89.0 Å². The van der Waals surface area contributed by atoms with Gasteiger partial charge in [0.15, 0.2) is 11.2 Å². The third kappa shape index (κ3) is 5.21. The monoisotopic (exact) mass is 499 g/mol. The Balaban J connectivity index is 1.36. The lowest BCUT2D eigenvalue weighted by atomic mass is 10.2. The molecule has 34 heavy (non-hydrogen) atoms. The van der Waals surface area contributed by atoms with E-state index in [9.17, 15) is 14.4 Å². The van der Waals surface area contributed by atoms with Crippen molar-refractivity contribution < 1.29 is 23.9 Å². The van der Waals surface area contributed by atoms with E-state index in [0.717, 1.165) is 0 Å². The second-order valence-electron chi connectivity index (χ2n) is 7.58. The molecule has 2 aromatic carbocycles. The number of nitrogens with zero attached hydrogens (tertiary/aromatic N) is 3. The first-order valence-corrected chi connectivity index (χ1v) is 11.8. The number of amides is 2. The van der Waals surface area contributed by atoms with Gasteiger partial charge in [0, 0.05) is 23.9 Å². The average Bonchev–Trinajstić information content (AvgIpc) is 3.26. The lowest BCUT2D eigenvalue weighted by Gasteiger charge is -2.32. The minimum Gasteiger partial charge on any atom is -0.479 e. The number of fused-ring (bicyclic) bond motifs is 1. The molecule has 3 aromatic rings. The van der Waals surface area contributed by atoms with Crippen molar-refractivity contribution in [1.29, 1.82) is 0 Å². The number of benzene rings is 2. The van der Waals surface area contributed by atoms with E-state index in [1.807, 2.05) is 12.1 Å². The summed E-state index contributed by atoms with van der Waals surface area (Å²) in [5.74, 6) is -0.282. The van der Waals surface area contributed by atoms with Gasteiger partial charge in [-0.25, -0.2) is 4.98 Å². The Bertz CT molecular complexity index is 1230. The Morgan fingerprint density at radius 1 is 1.24 bits per heavy atom. The summed E-state index contributed by atoms with van der Waals surface area (Å²) in [6.45, 7) is 3.25. The Morgan fingerprint density at radius 2 is 2.03 bits per heavy atom. The Hall–Kier alpha value is -3.43. The summed E-state index contributed by atoms with van der Waals surface area (Å²) in [7, 11) is 0. The summed E-state index contributed by atoms with van der Waals surface area (Å²) in [6, 6.07) is 14.1. The number of carbonyl (C=O) groups excluding carboxylic acids is 3. The first-order valence-electron chi connectivity index (χ1n) is 10.6. The molecule has 1 unspecified atom stereocenters. The molecule has 1 atom stereocenters. The van der Waals surface area contributed by atoms with E-state index in [4.69, 9.17) is 21.1 Å². The number of aromatic nitrogens is 1. The molecule has 0 radical (unpaired) electrons. The third-order valence-electron chi connectivity index (χ3n) is 5.11. The fraction of sp³-hybridized carbons (Fsp3) is 0.250. The molecule has 4 rings (SSSR count). The van der Waals surface area contributed by atoms with Gasteiger partial charge in [0.1, 0.15) is 12.4 Å². The van der Waals surface area contributed by atoms with Crippen LogP contribution < -0.4 is 14.5 Å². The fourth-order valence-corrected chi connectivity index (χ4v) is 4.58. The Morgan fingerprint density at radius 3 is 2.79 bits per heavy atom. The summed E-state index contributed by atoms with van der Waals surface area (Å²) in [5, 5.41) is 2.68. The zero-order valence-corrected chi connectivity index (χ0v) is 20.1. The SMILES string of the molecule is CC(=O)N(c1cccc(Cl)c1)c1nc(COC(=O)CCN2C(=O)C(C)Oc3ccccc32)cs1. The first-order chi connectivity index (χ1) is 16.3. The van der Waals surface area contributed by atoms with Crippen LogP contribution in [0.1, 0.15) is 26.0 Å². The third-order valence-corrected chi connectivity index (χ3v) is 6.22. The van der Waals surface area contributed by atoms with Crippen LogP contribution in [0.5, 0.6) is 5.75 Å². The summed E-state index contributed by atoms with van der Waals surface area (Å²) < 4.78 is 11.0. The summed E-state index contributed by atoms with van der Waals surface area (Å²) >= 11 is 7.32. The highest BCUT2D eigenvalue weighted by molar-refractivity contribution is 7.14. The normalized spacial score (nSPS) is 14.9. The molecule has 0 N–H and O–H groups in total. The molecule has 8 nitrogen and oxygen atoms in total. The van der Waals surface area contributed by atoms with Gasteiger partial charge in [0.2, 0.25) is 5.91 Å². The van der Waals surface area contributed by atoms with Crippen LogP contribution in [0.3, 0.4) is 0 Å². The summed E-state index contributed by atoms with van der Waals surface area (Å²) in [6.07, 6.45) is -0.602. The molecule has 176 valence electrons.